The summed E-state index contributed by atoms with van der Waals surface area (Å²) in [5.74, 6) is 0.857. The molecule has 0 aliphatic heterocycles. The summed E-state index contributed by atoms with van der Waals surface area (Å²) in [6.07, 6.45) is 1.86. The van der Waals surface area contributed by atoms with Crippen molar-refractivity contribution in [1.29, 1.82) is 0 Å². The highest BCUT2D eigenvalue weighted by Crippen LogP contribution is 2.18. The third-order valence-corrected chi connectivity index (χ3v) is 3.07. The van der Waals surface area contributed by atoms with E-state index < -0.39 is 0 Å². The third-order valence-electron chi connectivity index (χ3n) is 3.07. The van der Waals surface area contributed by atoms with Gasteiger partial charge in [-0.15, -0.1) is 0 Å². The van der Waals surface area contributed by atoms with Crippen LogP contribution in [0.15, 0.2) is 18.3 Å². The molecule has 0 aromatic carbocycles. The Labute approximate surface area is 102 Å². The Bertz CT molecular complexity index is 468. The number of H-pyrrole nitrogens is 1. The molecule has 0 spiro atoms. The number of rotatable bonds is 4. The topological polar surface area (TPSA) is 46.5 Å². The Morgan fingerprint density at radius 2 is 2.06 bits per heavy atom. The monoisotopic (exact) mass is 232 g/mol. The molecule has 0 radical (unpaired) electrons. The van der Waals surface area contributed by atoms with E-state index in [0.717, 1.165) is 17.9 Å². The molecule has 0 bridgehead atoms. The summed E-state index contributed by atoms with van der Waals surface area (Å²) in [5, 5.41) is 11.7. The number of aromatic amines is 1. The number of nitrogens with zero attached hydrogens (tertiary/aromatic N) is 3. The molecule has 2 aromatic heterocycles. The number of aryl methyl sites for hydroxylation is 1. The molecular weight excluding hydrogens is 212 g/mol. The molecule has 0 aliphatic rings. The van der Waals surface area contributed by atoms with Crippen molar-refractivity contribution in [3.63, 3.8) is 0 Å². The van der Waals surface area contributed by atoms with E-state index in [1.54, 1.807) is 0 Å². The molecule has 1 N–H and O–H groups in total. The van der Waals surface area contributed by atoms with Crippen LogP contribution in [0.1, 0.15) is 49.7 Å². The Hall–Kier alpha value is -1.58. The minimum Gasteiger partial charge on any atom is -0.285 e. The van der Waals surface area contributed by atoms with Crippen molar-refractivity contribution in [2.75, 3.05) is 0 Å². The van der Waals surface area contributed by atoms with Gasteiger partial charge in [0.2, 0.25) is 0 Å². The van der Waals surface area contributed by atoms with Gasteiger partial charge in [-0.1, -0.05) is 20.8 Å². The number of hydrogen-bond donors (Lipinski definition) is 1. The first-order valence-corrected chi connectivity index (χ1v) is 6.12. The fourth-order valence-corrected chi connectivity index (χ4v) is 1.90. The van der Waals surface area contributed by atoms with Crippen LogP contribution in [0.2, 0.25) is 0 Å². The first-order valence-electron chi connectivity index (χ1n) is 6.12. The quantitative estimate of drug-likeness (QED) is 0.881. The highest BCUT2D eigenvalue weighted by Gasteiger charge is 2.12. The van der Waals surface area contributed by atoms with Gasteiger partial charge in [-0.3, -0.25) is 9.78 Å². The average Bonchev–Trinajstić information content (AvgIpc) is 2.88. The van der Waals surface area contributed by atoms with Crippen LogP contribution in [0.3, 0.4) is 0 Å². The van der Waals surface area contributed by atoms with Gasteiger partial charge in [-0.25, -0.2) is 0 Å². The van der Waals surface area contributed by atoms with E-state index in [2.05, 4.69) is 53.7 Å². The SMILES string of the molecule is Cc1cc(C(C)C)nn1CC(C)c1cc[nH]n1. The zero-order chi connectivity index (χ0) is 12.4. The lowest BCUT2D eigenvalue weighted by Crippen LogP contribution is -2.10. The van der Waals surface area contributed by atoms with Crippen molar-refractivity contribution in [3.8, 4) is 0 Å². The molecule has 2 aromatic rings. The lowest BCUT2D eigenvalue weighted by molar-refractivity contribution is 0.516. The van der Waals surface area contributed by atoms with E-state index >= 15 is 0 Å². The van der Waals surface area contributed by atoms with Gasteiger partial charge in [0.05, 0.1) is 11.4 Å². The van der Waals surface area contributed by atoms with Crippen LogP contribution in [-0.2, 0) is 6.54 Å². The largest absolute Gasteiger partial charge is 0.285 e. The Balaban J connectivity index is 2.13. The summed E-state index contributed by atoms with van der Waals surface area (Å²) in [5.41, 5.74) is 3.47. The second-order valence-corrected chi connectivity index (χ2v) is 4.95. The van der Waals surface area contributed by atoms with Gasteiger partial charge in [-0.2, -0.15) is 10.2 Å². The van der Waals surface area contributed by atoms with Crippen molar-refractivity contribution >= 4 is 0 Å². The van der Waals surface area contributed by atoms with E-state index in [0.29, 0.717) is 11.8 Å². The lowest BCUT2D eigenvalue weighted by Gasteiger charge is -2.10. The van der Waals surface area contributed by atoms with E-state index in [1.165, 1.54) is 5.69 Å². The van der Waals surface area contributed by atoms with Crippen molar-refractivity contribution < 1.29 is 0 Å². The third kappa shape index (κ3) is 2.57. The smallest absolute Gasteiger partial charge is 0.0668 e. The van der Waals surface area contributed by atoms with E-state index in [9.17, 15) is 0 Å². The zero-order valence-electron chi connectivity index (χ0n) is 10.9. The summed E-state index contributed by atoms with van der Waals surface area (Å²) in [6.45, 7) is 9.50. The molecule has 2 heterocycles. The summed E-state index contributed by atoms with van der Waals surface area (Å²) in [4.78, 5) is 0. The van der Waals surface area contributed by atoms with Crippen LogP contribution in [0.5, 0.6) is 0 Å². The minimum absolute atomic E-state index is 0.375. The number of nitrogens with one attached hydrogen (secondary N) is 1. The van der Waals surface area contributed by atoms with E-state index in [-0.39, 0.29) is 0 Å². The van der Waals surface area contributed by atoms with Crippen molar-refractivity contribution in [2.45, 2.75) is 46.1 Å². The molecule has 4 heteroatoms. The Morgan fingerprint density at radius 3 is 2.59 bits per heavy atom. The van der Waals surface area contributed by atoms with Crippen LogP contribution in [0, 0.1) is 6.92 Å². The van der Waals surface area contributed by atoms with Gasteiger partial charge in [0.25, 0.3) is 0 Å². The fraction of sp³-hybridized carbons (Fsp3) is 0.538. The molecule has 17 heavy (non-hydrogen) atoms. The van der Waals surface area contributed by atoms with Crippen molar-refractivity contribution in [1.82, 2.24) is 20.0 Å². The summed E-state index contributed by atoms with van der Waals surface area (Å²) >= 11 is 0. The fourth-order valence-electron chi connectivity index (χ4n) is 1.90. The van der Waals surface area contributed by atoms with Crippen molar-refractivity contribution in [3.05, 3.63) is 35.4 Å². The van der Waals surface area contributed by atoms with Gasteiger partial charge < -0.3 is 0 Å². The number of hydrogen-bond acceptors (Lipinski definition) is 2. The molecular formula is C13H20N4. The van der Waals surface area contributed by atoms with Gasteiger partial charge in [-0.05, 0) is 25.0 Å². The highest BCUT2D eigenvalue weighted by atomic mass is 15.3. The molecule has 0 fully saturated rings. The molecule has 92 valence electrons. The van der Waals surface area contributed by atoms with E-state index in [4.69, 9.17) is 0 Å². The first-order chi connectivity index (χ1) is 8.08. The van der Waals surface area contributed by atoms with Crippen LogP contribution in [0.4, 0.5) is 0 Å². The normalized spacial score (nSPS) is 13.2. The number of aromatic nitrogens is 4. The Morgan fingerprint density at radius 1 is 1.29 bits per heavy atom. The van der Waals surface area contributed by atoms with Crippen molar-refractivity contribution in [2.24, 2.45) is 0 Å². The first kappa shape index (κ1) is 11.9. The van der Waals surface area contributed by atoms with Crippen LogP contribution in [0.25, 0.3) is 0 Å². The molecule has 0 amide bonds. The summed E-state index contributed by atoms with van der Waals surface area (Å²) in [7, 11) is 0. The maximum Gasteiger partial charge on any atom is 0.0668 e. The van der Waals surface area contributed by atoms with Gasteiger partial charge in [0.15, 0.2) is 0 Å². The van der Waals surface area contributed by atoms with Crippen LogP contribution >= 0.6 is 0 Å². The molecule has 1 unspecified atom stereocenters. The Kier molecular flexibility index (Phi) is 3.31. The maximum absolute atomic E-state index is 4.64. The van der Waals surface area contributed by atoms with E-state index in [1.807, 2.05) is 12.3 Å². The van der Waals surface area contributed by atoms with Gasteiger partial charge in [0.1, 0.15) is 0 Å². The minimum atomic E-state index is 0.375. The molecule has 0 saturated heterocycles. The second-order valence-electron chi connectivity index (χ2n) is 4.95. The lowest BCUT2D eigenvalue weighted by atomic mass is 10.1. The molecule has 1 atom stereocenters. The molecule has 0 aliphatic carbocycles. The summed E-state index contributed by atoms with van der Waals surface area (Å²) < 4.78 is 2.08. The highest BCUT2D eigenvalue weighted by molar-refractivity contribution is 5.13. The van der Waals surface area contributed by atoms with Crippen LogP contribution in [-0.4, -0.2) is 20.0 Å². The predicted octanol–water partition coefficient (Wildman–Crippen LogP) is 2.84. The van der Waals surface area contributed by atoms with Crippen LogP contribution < -0.4 is 0 Å². The maximum atomic E-state index is 4.64. The molecule has 4 nitrogen and oxygen atoms in total. The zero-order valence-corrected chi connectivity index (χ0v) is 10.9. The van der Waals surface area contributed by atoms with Gasteiger partial charge in [0, 0.05) is 24.4 Å². The average molecular weight is 232 g/mol. The summed E-state index contributed by atoms with van der Waals surface area (Å²) in [6, 6.07) is 4.19. The second kappa shape index (κ2) is 4.73. The predicted molar refractivity (Wildman–Crippen MR) is 68.1 cm³/mol. The van der Waals surface area contributed by atoms with Gasteiger partial charge >= 0.3 is 0 Å². The molecule has 2 rings (SSSR count). The molecule has 0 saturated carbocycles. The standard InChI is InChI=1S/C13H20N4/c1-9(2)13-7-11(4)17(16-13)8-10(3)12-5-6-14-15-12/h5-7,9-10H,8H2,1-4H3,(H,14,15).